The Balaban J connectivity index is 1.55. The third-order valence-corrected chi connectivity index (χ3v) is 11.1. The third-order valence-electron chi connectivity index (χ3n) is 10.00. The van der Waals surface area contributed by atoms with E-state index in [9.17, 15) is 10.2 Å². The zero-order valence-electron chi connectivity index (χ0n) is 28.8. The van der Waals surface area contributed by atoms with Gasteiger partial charge in [-0.05, 0) is 83.6 Å². The highest BCUT2D eigenvalue weighted by molar-refractivity contribution is 6.18. The van der Waals surface area contributed by atoms with Crippen LogP contribution in [0.3, 0.4) is 0 Å². The number of aryl methyl sites for hydroxylation is 2. The van der Waals surface area contributed by atoms with Crippen molar-refractivity contribution in [3.8, 4) is 11.5 Å². The Labute approximate surface area is 311 Å². The van der Waals surface area contributed by atoms with Crippen LogP contribution < -0.4 is 4.90 Å². The fourth-order valence-electron chi connectivity index (χ4n) is 6.35. The van der Waals surface area contributed by atoms with Gasteiger partial charge in [0, 0.05) is 50.1 Å². The Kier molecular flexibility index (Phi) is 11.2. The second-order valence-electron chi connectivity index (χ2n) is 13.8. The summed E-state index contributed by atoms with van der Waals surface area (Å²) in [6.07, 6.45) is 0. The summed E-state index contributed by atoms with van der Waals surface area (Å²) in [5, 5.41) is 21.2. The maximum atomic E-state index is 10.6. The molecule has 0 saturated heterocycles. The van der Waals surface area contributed by atoms with Gasteiger partial charge in [0.05, 0.1) is 23.5 Å². The van der Waals surface area contributed by atoms with E-state index < -0.39 is 0 Å². The van der Waals surface area contributed by atoms with E-state index >= 15 is 0 Å². The average Bonchev–Trinajstić information content (AvgIpc) is 3.10. The zero-order valence-corrected chi connectivity index (χ0v) is 31.9. The van der Waals surface area contributed by atoms with Gasteiger partial charge in [0.25, 0.3) is 0 Å². The van der Waals surface area contributed by atoms with Crippen molar-refractivity contribution < 1.29 is 10.2 Å². The van der Waals surface area contributed by atoms with Gasteiger partial charge < -0.3 is 15.1 Å². The van der Waals surface area contributed by atoms with E-state index in [0.29, 0.717) is 22.3 Å². The fourth-order valence-corrected chi connectivity index (χ4v) is 7.16. The quantitative estimate of drug-likeness (QED) is 0.133. The lowest BCUT2D eigenvalue weighted by molar-refractivity contribution is 0.464. The molecule has 49 heavy (non-hydrogen) atoms. The van der Waals surface area contributed by atoms with Gasteiger partial charge in [0.1, 0.15) is 11.5 Å². The van der Waals surface area contributed by atoms with Gasteiger partial charge >= 0.3 is 0 Å². The number of anilines is 3. The van der Waals surface area contributed by atoms with E-state index in [1.807, 2.05) is 24.3 Å². The smallest absolute Gasteiger partial charge is 0.124 e. The molecule has 256 valence electrons. The predicted octanol–water partition coefficient (Wildman–Crippen LogP) is 12.8. The first-order chi connectivity index (χ1) is 23.3. The highest BCUT2D eigenvalue weighted by atomic mass is 35.5. The highest BCUT2D eigenvalue weighted by Crippen LogP contribution is 2.42. The molecule has 0 aliphatic carbocycles. The molecule has 0 atom stereocenters. The normalized spacial score (nSPS) is 12.0. The molecule has 3 nitrogen and oxygen atoms in total. The van der Waals surface area contributed by atoms with Crippen LogP contribution in [0.4, 0.5) is 17.1 Å². The van der Waals surface area contributed by atoms with Gasteiger partial charge in [-0.1, -0.05) is 82.3 Å². The molecule has 5 rings (SSSR count). The van der Waals surface area contributed by atoms with Crippen LogP contribution in [-0.2, 0) is 34.3 Å². The number of halogens is 4. The van der Waals surface area contributed by atoms with Crippen molar-refractivity contribution in [3.05, 3.63) is 147 Å². The summed E-state index contributed by atoms with van der Waals surface area (Å²) < 4.78 is 0. The lowest BCUT2D eigenvalue weighted by Crippen LogP contribution is -2.20. The number of hydrogen-bond acceptors (Lipinski definition) is 3. The third kappa shape index (κ3) is 7.28. The summed E-state index contributed by atoms with van der Waals surface area (Å²) in [7, 11) is 0. The Morgan fingerprint density at radius 1 is 0.449 bits per heavy atom. The molecule has 0 radical (unpaired) electrons. The van der Waals surface area contributed by atoms with Crippen molar-refractivity contribution in [3.63, 3.8) is 0 Å². The molecule has 0 spiro atoms. The van der Waals surface area contributed by atoms with Crippen molar-refractivity contribution in [1.29, 1.82) is 0 Å². The summed E-state index contributed by atoms with van der Waals surface area (Å²) in [5.74, 6) is 1.16. The van der Waals surface area contributed by atoms with Crippen LogP contribution in [0.1, 0.15) is 83.3 Å². The fraction of sp³-hybridized carbons (Fsp3) is 0.286. The maximum Gasteiger partial charge on any atom is 0.124 e. The number of rotatable bonds is 11. The largest absolute Gasteiger partial charge is 0.507 e. The van der Waals surface area contributed by atoms with Crippen LogP contribution in [0, 0.1) is 13.8 Å². The second kappa shape index (κ2) is 14.9. The van der Waals surface area contributed by atoms with Crippen LogP contribution in [0.15, 0.2) is 91.0 Å². The van der Waals surface area contributed by atoms with Crippen molar-refractivity contribution in [2.75, 3.05) is 4.90 Å². The van der Waals surface area contributed by atoms with E-state index in [1.54, 1.807) is 0 Å². The molecule has 0 aliphatic heterocycles. The van der Waals surface area contributed by atoms with E-state index in [1.165, 1.54) is 11.1 Å². The summed E-state index contributed by atoms with van der Waals surface area (Å²) in [6.45, 7) is 13.0. The maximum absolute atomic E-state index is 10.6. The Bertz CT molecular complexity index is 1780. The number of aromatic hydroxyl groups is 2. The first kappa shape index (κ1) is 36.9. The number of alkyl halides is 4. The summed E-state index contributed by atoms with van der Waals surface area (Å²) >= 11 is 24.8. The van der Waals surface area contributed by atoms with Crippen molar-refractivity contribution in [1.82, 2.24) is 0 Å². The van der Waals surface area contributed by atoms with Gasteiger partial charge in [0.15, 0.2) is 0 Å². The molecule has 0 unspecified atom stereocenters. The van der Waals surface area contributed by atoms with E-state index in [0.717, 1.165) is 39.3 Å². The topological polar surface area (TPSA) is 43.7 Å². The van der Waals surface area contributed by atoms with Crippen LogP contribution in [0.2, 0.25) is 0 Å². The molecule has 0 aromatic heterocycles. The molecule has 2 N–H and O–H groups in total. The number of phenols is 2. The van der Waals surface area contributed by atoms with E-state index in [2.05, 4.69) is 113 Å². The minimum absolute atomic E-state index is 0.168. The molecule has 0 saturated carbocycles. The van der Waals surface area contributed by atoms with Crippen LogP contribution in [0.5, 0.6) is 11.5 Å². The Morgan fingerprint density at radius 3 is 1.08 bits per heavy atom. The molecule has 0 heterocycles. The molecular formula is C42H43Cl4NO2. The van der Waals surface area contributed by atoms with Crippen LogP contribution in [-0.4, -0.2) is 10.2 Å². The summed E-state index contributed by atoms with van der Waals surface area (Å²) in [4.78, 5) is 2.27. The molecular weight excluding hydrogens is 692 g/mol. The molecule has 7 heteroatoms. The molecule has 5 aromatic rings. The number of hydrogen-bond donors (Lipinski definition) is 2. The molecule has 0 aliphatic rings. The first-order valence-electron chi connectivity index (χ1n) is 16.3. The van der Waals surface area contributed by atoms with Crippen molar-refractivity contribution >= 4 is 63.5 Å². The average molecular weight is 736 g/mol. The van der Waals surface area contributed by atoms with Gasteiger partial charge in [-0.3, -0.25) is 0 Å². The van der Waals surface area contributed by atoms with Gasteiger partial charge in [-0.15, -0.1) is 46.4 Å². The number of nitrogens with zero attached hydrogens (tertiary/aromatic N) is 1. The minimum Gasteiger partial charge on any atom is -0.507 e. The lowest BCUT2D eigenvalue weighted by Gasteiger charge is -2.31. The minimum atomic E-state index is -0.368. The standard InChI is InChI=1S/C42H43Cl4NO2/c1-26-7-12-38(17-27(26)2)47(36-13-8-32(9-14-36)41(3,4)34-18-28(22-43)39(48)29(19-34)23-44)37-15-10-33(11-16-37)42(5,6)35-20-30(24-45)40(49)31(21-35)25-46/h7-21,48-49H,22-25H2,1-6H3. The Morgan fingerprint density at radius 2 is 0.776 bits per heavy atom. The van der Waals surface area contributed by atoms with Gasteiger partial charge in [-0.25, -0.2) is 0 Å². The van der Waals surface area contributed by atoms with Gasteiger partial charge in [0.2, 0.25) is 0 Å². The first-order valence-corrected chi connectivity index (χ1v) is 18.4. The number of phenolic OH excluding ortho intramolecular Hbond substituents is 2. The van der Waals surface area contributed by atoms with Gasteiger partial charge in [-0.2, -0.15) is 0 Å². The second-order valence-corrected chi connectivity index (χ2v) is 14.8. The van der Waals surface area contributed by atoms with Crippen molar-refractivity contribution in [2.24, 2.45) is 0 Å². The number of benzene rings is 5. The Hall–Kier alpha value is -3.34. The van der Waals surface area contributed by atoms with Crippen molar-refractivity contribution in [2.45, 2.75) is 75.9 Å². The molecule has 0 fully saturated rings. The zero-order chi connectivity index (χ0) is 35.7. The molecule has 5 aromatic carbocycles. The summed E-state index contributed by atoms with van der Waals surface area (Å²) in [6, 6.07) is 31.8. The highest BCUT2D eigenvalue weighted by Gasteiger charge is 2.28. The monoisotopic (exact) mass is 733 g/mol. The predicted molar refractivity (Wildman–Crippen MR) is 209 cm³/mol. The van der Waals surface area contributed by atoms with E-state index in [4.69, 9.17) is 46.4 Å². The van der Waals surface area contributed by atoms with Crippen LogP contribution >= 0.6 is 46.4 Å². The SMILES string of the molecule is Cc1ccc(N(c2ccc(C(C)(C)c3cc(CCl)c(O)c(CCl)c3)cc2)c2ccc(C(C)(C)c3cc(CCl)c(O)c(CCl)c3)cc2)cc1C. The summed E-state index contributed by atoms with van der Waals surface area (Å²) in [5.41, 5.74) is 11.9. The molecule has 0 bridgehead atoms. The molecule has 0 amide bonds. The lowest BCUT2D eigenvalue weighted by atomic mass is 9.77. The van der Waals surface area contributed by atoms with Crippen LogP contribution in [0.25, 0.3) is 0 Å². The van der Waals surface area contributed by atoms with E-state index in [-0.39, 0.29) is 45.8 Å².